The Labute approximate surface area is 117 Å². The Hall–Kier alpha value is -0.870. The molecule has 4 heteroatoms. The molecule has 2 heterocycles. The van der Waals surface area contributed by atoms with E-state index in [-0.39, 0.29) is 0 Å². The fourth-order valence-corrected chi connectivity index (χ4v) is 2.82. The smallest absolute Gasteiger partial charge is 0.0492 e. The largest absolute Gasteiger partial charge is 0.316 e. The highest BCUT2D eigenvalue weighted by Gasteiger charge is 2.18. The van der Waals surface area contributed by atoms with Gasteiger partial charge in [-0.05, 0) is 57.4 Å². The number of nitrogens with one attached hydrogen (secondary N) is 1. The van der Waals surface area contributed by atoms with E-state index in [9.17, 15) is 0 Å². The number of aryl methyl sites for hydroxylation is 1. The summed E-state index contributed by atoms with van der Waals surface area (Å²) in [6.45, 7) is 8.31. The van der Waals surface area contributed by atoms with Crippen LogP contribution in [0.4, 0.5) is 0 Å². The molecular weight excluding hydrogens is 236 g/mol. The molecule has 1 aromatic rings. The van der Waals surface area contributed by atoms with E-state index in [2.05, 4.69) is 28.3 Å². The lowest BCUT2D eigenvalue weighted by atomic mass is 9.96. The summed E-state index contributed by atoms with van der Waals surface area (Å²) in [6, 6.07) is 2.13. The Morgan fingerprint density at radius 3 is 2.79 bits per heavy atom. The first-order chi connectivity index (χ1) is 9.29. The number of hydrogen-bond donors (Lipinski definition) is 1. The quantitative estimate of drug-likeness (QED) is 0.761. The van der Waals surface area contributed by atoms with Gasteiger partial charge in [0.05, 0.1) is 0 Å². The zero-order chi connectivity index (χ0) is 13.5. The average Bonchev–Trinajstić information content (AvgIpc) is 2.84. The summed E-state index contributed by atoms with van der Waals surface area (Å²) >= 11 is 0. The minimum absolute atomic E-state index is 0.888. The maximum Gasteiger partial charge on any atom is 0.0492 e. The van der Waals surface area contributed by atoms with E-state index in [0.29, 0.717) is 0 Å². The Balaban J connectivity index is 1.62. The summed E-state index contributed by atoms with van der Waals surface area (Å²) in [7, 11) is 2.03. The summed E-state index contributed by atoms with van der Waals surface area (Å²) in [5.41, 5.74) is 1.34. The van der Waals surface area contributed by atoms with Crippen molar-refractivity contribution in [1.29, 1.82) is 0 Å². The van der Waals surface area contributed by atoms with E-state index >= 15 is 0 Å². The van der Waals surface area contributed by atoms with Gasteiger partial charge >= 0.3 is 0 Å². The second-order valence-electron chi connectivity index (χ2n) is 5.69. The SMILES string of the molecule is CCCNCC1CCN(CCc2ccnn2C)CC1. The topological polar surface area (TPSA) is 33.1 Å². The number of piperidine rings is 1. The molecule has 108 valence electrons. The first-order valence-electron chi connectivity index (χ1n) is 7.69. The molecule has 1 aliphatic rings. The molecule has 1 aromatic heterocycles. The van der Waals surface area contributed by atoms with Crippen LogP contribution in [-0.2, 0) is 13.5 Å². The van der Waals surface area contributed by atoms with Crippen LogP contribution in [-0.4, -0.2) is 47.4 Å². The third-order valence-electron chi connectivity index (χ3n) is 4.17. The molecule has 19 heavy (non-hydrogen) atoms. The Kier molecular flexibility index (Phi) is 5.86. The number of likely N-dealkylation sites (tertiary alicyclic amines) is 1. The molecule has 1 saturated heterocycles. The molecule has 0 unspecified atom stereocenters. The summed E-state index contributed by atoms with van der Waals surface area (Å²) in [4.78, 5) is 2.60. The molecule has 0 aliphatic carbocycles. The molecular formula is C15H28N4. The summed E-state index contributed by atoms with van der Waals surface area (Å²) in [5.74, 6) is 0.888. The molecule has 0 amide bonds. The van der Waals surface area contributed by atoms with Gasteiger partial charge in [0.2, 0.25) is 0 Å². The van der Waals surface area contributed by atoms with Gasteiger partial charge in [0.25, 0.3) is 0 Å². The van der Waals surface area contributed by atoms with E-state index in [1.807, 2.05) is 17.9 Å². The monoisotopic (exact) mass is 264 g/mol. The van der Waals surface area contributed by atoms with Gasteiger partial charge in [0.15, 0.2) is 0 Å². The van der Waals surface area contributed by atoms with E-state index < -0.39 is 0 Å². The lowest BCUT2D eigenvalue weighted by Crippen LogP contribution is -2.38. The molecule has 0 atom stereocenters. The zero-order valence-electron chi connectivity index (χ0n) is 12.4. The number of rotatable bonds is 7. The minimum atomic E-state index is 0.888. The van der Waals surface area contributed by atoms with Crippen molar-refractivity contribution < 1.29 is 0 Å². The molecule has 0 aromatic carbocycles. The van der Waals surface area contributed by atoms with Crippen LogP contribution in [0.25, 0.3) is 0 Å². The lowest BCUT2D eigenvalue weighted by Gasteiger charge is -2.32. The third kappa shape index (κ3) is 4.62. The van der Waals surface area contributed by atoms with Crippen molar-refractivity contribution in [2.45, 2.75) is 32.6 Å². The van der Waals surface area contributed by atoms with Crippen LogP contribution in [0.3, 0.4) is 0 Å². The standard InChI is InChI=1S/C15H28N4/c1-3-8-16-13-14-5-10-19(11-6-14)12-7-15-4-9-17-18(15)2/h4,9,14,16H,3,5-8,10-13H2,1-2H3. The average molecular weight is 264 g/mol. The third-order valence-corrected chi connectivity index (χ3v) is 4.17. The van der Waals surface area contributed by atoms with Gasteiger partial charge in [0.1, 0.15) is 0 Å². The first-order valence-corrected chi connectivity index (χ1v) is 7.69. The molecule has 4 nitrogen and oxygen atoms in total. The van der Waals surface area contributed by atoms with Gasteiger partial charge in [-0.1, -0.05) is 6.92 Å². The minimum Gasteiger partial charge on any atom is -0.316 e. The van der Waals surface area contributed by atoms with Gasteiger partial charge in [-0.15, -0.1) is 0 Å². The van der Waals surface area contributed by atoms with Crippen molar-refractivity contribution in [3.05, 3.63) is 18.0 Å². The maximum absolute atomic E-state index is 4.22. The number of nitrogens with zero attached hydrogens (tertiary/aromatic N) is 3. The van der Waals surface area contributed by atoms with Crippen LogP contribution < -0.4 is 5.32 Å². The van der Waals surface area contributed by atoms with Crippen LogP contribution in [0.5, 0.6) is 0 Å². The molecule has 0 bridgehead atoms. The molecule has 1 fully saturated rings. The molecule has 0 saturated carbocycles. The number of hydrogen-bond acceptors (Lipinski definition) is 3. The Morgan fingerprint density at radius 2 is 2.16 bits per heavy atom. The van der Waals surface area contributed by atoms with Gasteiger partial charge in [-0.3, -0.25) is 4.68 Å². The van der Waals surface area contributed by atoms with Gasteiger partial charge in [0, 0.05) is 31.9 Å². The van der Waals surface area contributed by atoms with Crippen molar-refractivity contribution >= 4 is 0 Å². The first kappa shape index (κ1) is 14.5. The van der Waals surface area contributed by atoms with E-state index in [4.69, 9.17) is 0 Å². The van der Waals surface area contributed by atoms with Gasteiger partial charge in [-0.2, -0.15) is 5.10 Å². The Morgan fingerprint density at radius 1 is 1.37 bits per heavy atom. The molecule has 1 N–H and O–H groups in total. The van der Waals surface area contributed by atoms with Crippen LogP contribution in [0.1, 0.15) is 31.9 Å². The summed E-state index contributed by atoms with van der Waals surface area (Å²) in [6.07, 6.45) is 6.95. The van der Waals surface area contributed by atoms with Crippen molar-refractivity contribution in [3.63, 3.8) is 0 Å². The van der Waals surface area contributed by atoms with Crippen molar-refractivity contribution in [3.8, 4) is 0 Å². The van der Waals surface area contributed by atoms with Crippen molar-refractivity contribution in [2.24, 2.45) is 13.0 Å². The maximum atomic E-state index is 4.22. The van der Waals surface area contributed by atoms with E-state index in [0.717, 1.165) is 12.3 Å². The highest BCUT2D eigenvalue weighted by Crippen LogP contribution is 2.16. The van der Waals surface area contributed by atoms with Crippen molar-refractivity contribution in [1.82, 2.24) is 20.0 Å². The van der Waals surface area contributed by atoms with E-state index in [1.165, 1.54) is 57.7 Å². The molecule has 1 aliphatic heterocycles. The highest BCUT2D eigenvalue weighted by molar-refractivity contribution is 5.00. The Bertz CT molecular complexity index is 353. The van der Waals surface area contributed by atoms with E-state index in [1.54, 1.807) is 0 Å². The summed E-state index contributed by atoms with van der Waals surface area (Å²) in [5, 5.41) is 7.78. The molecule has 0 radical (unpaired) electrons. The predicted octanol–water partition coefficient (Wildman–Crippen LogP) is 1.67. The second-order valence-corrected chi connectivity index (χ2v) is 5.69. The molecule has 0 spiro atoms. The highest BCUT2D eigenvalue weighted by atomic mass is 15.3. The van der Waals surface area contributed by atoms with Crippen molar-refractivity contribution in [2.75, 3.05) is 32.7 Å². The van der Waals surface area contributed by atoms with Crippen LogP contribution >= 0.6 is 0 Å². The van der Waals surface area contributed by atoms with Crippen LogP contribution in [0, 0.1) is 5.92 Å². The van der Waals surface area contributed by atoms with Crippen LogP contribution in [0.15, 0.2) is 12.3 Å². The fourth-order valence-electron chi connectivity index (χ4n) is 2.82. The lowest BCUT2D eigenvalue weighted by molar-refractivity contribution is 0.183. The zero-order valence-corrected chi connectivity index (χ0v) is 12.4. The number of aromatic nitrogens is 2. The second kappa shape index (κ2) is 7.65. The van der Waals surface area contributed by atoms with Crippen LogP contribution in [0.2, 0.25) is 0 Å². The van der Waals surface area contributed by atoms with Gasteiger partial charge in [-0.25, -0.2) is 0 Å². The fraction of sp³-hybridized carbons (Fsp3) is 0.800. The molecule has 2 rings (SSSR count). The summed E-state index contributed by atoms with van der Waals surface area (Å²) < 4.78 is 1.99. The normalized spacial score (nSPS) is 18.0. The predicted molar refractivity (Wildman–Crippen MR) is 79.2 cm³/mol. The van der Waals surface area contributed by atoms with Gasteiger partial charge < -0.3 is 10.2 Å².